The lowest BCUT2D eigenvalue weighted by Gasteiger charge is -2.51. The molecule has 3 aliphatic rings. The molecule has 0 saturated heterocycles. The van der Waals surface area contributed by atoms with Gasteiger partial charge in [0.2, 0.25) is 0 Å². The molecular weight excluding hydrogens is 392 g/mol. The summed E-state index contributed by atoms with van der Waals surface area (Å²) in [6.45, 7) is 0. The highest BCUT2D eigenvalue weighted by Gasteiger charge is 2.64. The predicted molar refractivity (Wildman–Crippen MR) is 103 cm³/mol. The first-order valence-corrected chi connectivity index (χ1v) is 9.49. The van der Waals surface area contributed by atoms with E-state index in [2.05, 4.69) is 0 Å². The molecule has 0 aromatic heterocycles. The lowest BCUT2D eigenvalue weighted by Crippen LogP contribution is -2.59. The Hall–Kier alpha value is -3.16. The zero-order chi connectivity index (χ0) is 22.0. The summed E-state index contributed by atoms with van der Waals surface area (Å²) >= 11 is 0. The number of benzene rings is 1. The Bertz CT molecular complexity index is 830. The van der Waals surface area contributed by atoms with E-state index in [0.717, 1.165) is 5.56 Å². The van der Waals surface area contributed by atoms with E-state index < -0.39 is 59.4 Å². The third-order valence-electron chi connectivity index (χ3n) is 6.11. The summed E-state index contributed by atoms with van der Waals surface area (Å²) in [5.74, 6) is -8.27. The standard InChI is InChI=1S/C22H24O8/c1-27-19(23)15-13-10-12(11-8-6-5-7-9-11)14(17(15)21(25)29-3)18(22(26)30-4)16(13)20(24)28-2/h5-10,13-18H,1-4H3. The summed E-state index contributed by atoms with van der Waals surface area (Å²) in [5, 5.41) is 0. The minimum absolute atomic E-state index is 0.652. The van der Waals surface area contributed by atoms with Gasteiger partial charge in [-0.3, -0.25) is 19.2 Å². The number of esters is 4. The van der Waals surface area contributed by atoms with E-state index in [9.17, 15) is 19.2 Å². The smallest absolute Gasteiger partial charge is 0.310 e. The van der Waals surface area contributed by atoms with Gasteiger partial charge in [-0.25, -0.2) is 0 Å². The molecule has 30 heavy (non-hydrogen) atoms. The molecular formula is C22H24O8. The molecule has 1 saturated carbocycles. The van der Waals surface area contributed by atoms with Crippen LogP contribution >= 0.6 is 0 Å². The minimum Gasteiger partial charge on any atom is -0.469 e. The molecule has 0 spiro atoms. The number of rotatable bonds is 5. The van der Waals surface area contributed by atoms with Gasteiger partial charge in [0, 0.05) is 11.8 Å². The lowest BCUT2D eigenvalue weighted by molar-refractivity contribution is -0.181. The largest absolute Gasteiger partial charge is 0.469 e. The van der Waals surface area contributed by atoms with Crippen LogP contribution in [0.3, 0.4) is 0 Å². The number of carbonyl (C=O) groups is 4. The van der Waals surface area contributed by atoms with Crippen molar-refractivity contribution in [1.82, 2.24) is 0 Å². The van der Waals surface area contributed by atoms with Crippen molar-refractivity contribution in [1.29, 1.82) is 0 Å². The molecule has 4 unspecified atom stereocenters. The molecule has 0 amide bonds. The van der Waals surface area contributed by atoms with E-state index in [1.165, 1.54) is 28.4 Å². The second-order valence-electron chi connectivity index (χ2n) is 7.29. The molecule has 160 valence electrons. The van der Waals surface area contributed by atoms with E-state index in [1.54, 1.807) is 6.08 Å². The first-order valence-electron chi connectivity index (χ1n) is 9.49. The molecule has 2 bridgehead atoms. The zero-order valence-electron chi connectivity index (χ0n) is 17.2. The molecule has 0 heterocycles. The first kappa shape index (κ1) is 21.5. The van der Waals surface area contributed by atoms with Gasteiger partial charge >= 0.3 is 23.9 Å². The molecule has 8 heteroatoms. The van der Waals surface area contributed by atoms with Crippen LogP contribution < -0.4 is 0 Å². The van der Waals surface area contributed by atoms with Crippen LogP contribution in [-0.4, -0.2) is 52.3 Å². The number of allylic oxidation sites excluding steroid dienone is 2. The van der Waals surface area contributed by atoms with Crippen LogP contribution in [0.15, 0.2) is 36.4 Å². The molecule has 1 aromatic rings. The van der Waals surface area contributed by atoms with Crippen molar-refractivity contribution in [2.24, 2.45) is 35.5 Å². The number of ether oxygens (including phenoxy) is 4. The van der Waals surface area contributed by atoms with E-state index in [-0.39, 0.29) is 0 Å². The molecule has 1 aromatic carbocycles. The van der Waals surface area contributed by atoms with Gasteiger partial charge in [-0.1, -0.05) is 36.4 Å². The fraction of sp³-hybridized carbons (Fsp3) is 0.455. The van der Waals surface area contributed by atoms with Crippen LogP contribution in [0.2, 0.25) is 0 Å². The third-order valence-corrected chi connectivity index (χ3v) is 6.11. The number of methoxy groups -OCH3 is 4. The van der Waals surface area contributed by atoms with Crippen molar-refractivity contribution in [3.05, 3.63) is 42.0 Å². The predicted octanol–water partition coefficient (Wildman–Crippen LogP) is 1.49. The Labute approximate surface area is 174 Å². The maximum Gasteiger partial charge on any atom is 0.310 e. The minimum atomic E-state index is -1.02. The van der Waals surface area contributed by atoms with Crippen molar-refractivity contribution in [2.75, 3.05) is 28.4 Å². The number of hydrogen-bond acceptors (Lipinski definition) is 8. The fourth-order valence-electron chi connectivity index (χ4n) is 4.94. The second kappa shape index (κ2) is 8.69. The topological polar surface area (TPSA) is 105 Å². The summed E-state index contributed by atoms with van der Waals surface area (Å²) < 4.78 is 19.9. The van der Waals surface area contributed by atoms with Crippen LogP contribution in [-0.2, 0) is 38.1 Å². The van der Waals surface area contributed by atoms with Gasteiger partial charge in [-0.15, -0.1) is 0 Å². The summed E-state index contributed by atoms with van der Waals surface area (Å²) in [5.41, 5.74) is 1.47. The van der Waals surface area contributed by atoms with Crippen molar-refractivity contribution in [2.45, 2.75) is 0 Å². The Morgan fingerprint density at radius 1 is 0.633 bits per heavy atom. The maximum absolute atomic E-state index is 12.8. The third kappa shape index (κ3) is 3.36. The van der Waals surface area contributed by atoms with Crippen LogP contribution in [0.1, 0.15) is 5.56 Å². The molecule has 0 N–H and O–H groups in total. The molecule has 0 aliphatic heterocycles. The molecule has 8 nitrogen and oxygen atoms in total. The zero-order valence-corrected chi connectivity index (χ0v) is 17.2. The van der Waals surface area contributed by atoms with Gasteiger partial charge < -0.3 is 18.9 Å². The summed E-state index contributed by atoms with van der Waals surface area (Å²) in [6.07, 6.45) is 1.78. The summed E-state index contributed by atoms with van der Waals surface area (Å²) in [6, 6.07) is 9.18. The highest BCUT2D eigenvalue weighted by molar-refractivity contribution is 5.94. The van der Waals surface area contributed by atoms with Crippen molar-refractivity contribution in [3.8, 4) is 0 Å². The van der Waals surface area contributed by atoms with Crippen molar-refractivity contribution >= 4 is 29.5 Å². The summed E-state index contributed by atoms with van der Waals surface area (Å²) in [4.78, 5) is 51.1. The Morgan fingerprint density at radius 2 is 1.03 bits per heavy atom. The quantitative estimate of drug-likeness (QED) is 0.525. The van der Waals surface area contributed by atoms with E-state index in [4.69, 9.17) is 18.9 Å². The van der Waals surface area contributed by atoms with Gasteiger partial charge in [-0.2, -0.15) is 0 Å². The number of hydrogen-bond donors (Lipinski definition) is 0. The van der Waals surface area contributed by atoms with E-state index in [0.29, 0.717) is 5.57 Å². The Balaban J connectivity index is 2.28. The molecule has 3 aliphatic carbocycles. The Morgan fingerprint density at radius 3 is 1.43 bits per heavy atom. The van der Waals surface area contributed by atoms with Crippen LogP contribution in [0.4, 0.5) is 0 Å². The van der Waals surface area contributed by atoms with E-state index >= 15 is 0 Å². The second-order valence-corrected chi connectivity index (χ2v) is 7.29. The van der Waals surface area contributed by atoms with Gasteiger partial charge in [0.15, 0.2) is 0 Å². The highest BCUT2D eigenvalue weighted by atomic mass is 16.5. The van der Waals surface area contributed by atoms with Gasteiger partial charge in [0.1, 0.15) is 0 Å². The van der Waals surface area contributed by atoms with Crippen LogP contribution in [0.25, 0.3) is 5.57 Å². The molecule has 0 radical (unpaired) electrons. The average Bonchev–Trinajstić information content (AvgIpc) is 2.81. The van der Waals surface area contributed by atoms with Gasteiger partial charge in [0.05, 0.1) is 52.1 Å². The van der Waals surface area contributed by atoms with E-state index in [1.807, 2.05) is 30.3 Å². The average molecular weight is 416 g/mol. The van der Waals surface area contributed by atoms with Gasteiger partial charge in [0.25, 0.3) is 0 Å². The van der Waals surface area contributed by atoms with Gasteiger partial charge in [-0.05, 0) is 11.1 Å². The van der Waals surface area contributed by atoms with Crippen LogP contribution in [0, 0.1) is 35.5 Å². The normalized spacial score (nSPS) is 29.4. The maximum atomic E-state index is 12.8. The van der Waals surface area contributed by atoms with Crippen LogP contribution in [0.5, 0.6) is 0 Å². The fourth-order valence-corrected chi connectivity index (χ4v) is 4.94. The first-order chi connectivity index (χ1) is 14.4. The monoisotopic (exact) mass is 416 g/mol. The molecule has 1 fully saturated rings. The molecule has 4 atom stereocenters. The lowest BCUT2D eigenvalue weighted by atomic mass is 9.50. The highest BCUT2D eigenvalue weighted by Crippen LogP contribution is 2.58. The molecule has 4 rings (SSSR count). The SMILES string of the molecule is COC(=O)C1C2C=C(c3ccccc3)C(C1C(=O)OC)C(C(=O)OC)C2C(=O)OC. The Kier molecular flexibility index (Phi) is 6.24. The van der Waals surface area contributed by atoms with Crippen molar-refractivity contribution < 1.29 is 38.1 Å². The number of fused-ring (bicyclic) bond motifs is 2. The summed E-state index contributed by atoms with van der Waals surface area (Å²) in [7, 11) is 4.86. The van der Waals surface area contributed by atoms with Crippen molar-refractivity contribution in [3.63, 3.8) is 0 Å². The number of carbonyl (C=O) groups excluding carboxylic acids is 4.